The number of esters is 2. The van der Waals surface area contributed by atoms with Crippen molar-refractivity contribution in [3.05, 3.63) is 62.8 Å². The highest BCUT2D eigenvalue weighted by Gasteiger charge is 2.45. The Morgan fingerprint density at radius 1 is 1.05 bits per heavy atom. The summed E-state index contributed by atoms with van der Waals surface area (Å²) in [6.45, 7) is 6.42. The van der Waals surface area contributed by atoms with E-state index in [-0.39, 0.29) is 39.9 Å². The largest absolute Gasteiger partial charge is 0.463 e. The molecule has 1 aliphatic rings. The van der Waals surface area contributed by atoms with Gasteiger partial charge in [0.05, 0.1) is 26.6 Å². The fourth-order valence-electron chi connectivity index (χ4n) is 4.48. The molecule has 0 bridgehead atoms. The fourth-order valence-corrected chi connectivity index (χ4v) is 5.05. The molecular weight excluding hydrogens is 539 g/mol. The van der Waals surface area contributed by atoms with Gasteiger partial charge in [0.25, 0.3) is 5.69 Å². The van der Waals surface area contributed by atoms with Crippen LogP contribution in [0.1, 0.15) is 27.7 Å². The lowest BCUT2D eigenvalue weighted by Gasteiger charge is -2.43. The van der Waals surface area contributed by atoms with Gasteiger partial charge in [-0.25, -0.2) is 0 Å². The summed E-state index contributed by atoms with van der Waals surface area (Å²) in [5.74, 6) is -1.15. The van der Waals surface area contributed by atoms with E-state index in [9.17, 15) is 19.7 Å². The first kappa shape index (κ1) is 27.7. The highest BCUT2D eigenvalue weighted by atomic mass is 35.5. The molecule has 1 aliphatic heterocycles. The van der Waals surface area contributed by atoms with Crippen LogP contribution in [0.15, 0.2) is 42.6 Å². The normalized spacial score (nSPS) is 23.2. The average molecular weight is 565 g/mol. The molecule has 38 heavy (non-hydrogen) atoms. The Morgan fingerprint density at radius 3 is 2.34 bits per heavy atom. The maximum Gasteiger partial charge on any atom is 0.303 e. The van der Waals surface area contributed by atoms with Crippen molar-refractivity contribution in [1.82, 2.24) is 4.57 Å². The van der Waals surface area contributed by atoms with Crippen molar-refractivity contribution in [2.45, 2.75) is 46.2 Å². The molecule has 1 saturated heterocycles. The zero-order valence-corrected chi connectivity index (χ0v) is 22.6. The van der Waals surface area contributed by atoms with Crippen LogP contribution in [-0.4, -0.2) is 46.5 Å². The van der Waals surface area contributed by atoms with Gasteiger partial charge in [0.15, 0.2) is 11.9 Å². The van der Waals surface area contributed by atoms with Crippen molar-refractivity contribution in [2.75, 3.05) is 6.61 Å². The van der Waals surface area contributed by atoms with Gasteiger partial charge in [-0.1, -0.05) is 37.0 Å². The van der Waals surface area contributed by atoms with E-state index in [0.29, 0.717) is 11.1 Å². The van der Waals surface area contributed by atoms with Crippen LogP contribution < -0.4 is 4.74 Å². The number of ether oxygens (including phenoxy) is 4. The van der Waals surface area contributed by atoms with Gasteiger partial charge in [-0.3, -0.25) is 19.7 Å². The van der Waals surface area contributed by atoms with Crippen molar-refractivity contribution in [1.29, 1.82) is 0 Å². The van der Waals surface area contributed by atoms with E-state index in [1.807, 2.05) is 13.8 Å². The molecule has 0 N–H and O–H groups in total. The zero-order chi connectivity index (χ0) is 27.7. The lowest BCUT2D eigenvalue weighted by molar-refractivity contribution is -0.384. The number of nitro benzene ring substituents is 1. The molecule has 3 aromatic rings. The molecule has 4 rings (SSSR count). The van der Waals surface area contributed by atoms with Gasteiger partial charge >= 0.3 is 11.9 Å². The van der Waals surface area contributed by atoms with Crippen LogP contribution >= 0.6 is 23.2 Å². The van der Waals surface area contributed by atoms with Gasteiger partial charge in [-0.05, 0) is 30.2 Å². The smallest absolute Gasteiger partial charge is 0.303 e. The SMILES string of the molecule is CC(=O)OCC1O[C@H](Oc2c(Cl)cc(-n3ccc4cc([N+](=O)[O-])ccc43)cc2Cl)C(OC(C)=O)[C@@H](C)[C@@H]1C. The van der Waals surface area contributed by atoms with Gasteiger partial charge in [0.1, 0.15) is 6.61 Å². The van der Waals surface area contributed by atoms with Gasteiger partial charge in [0.2, 0.25) is 6.29 Å². The highest BCUT2D eigenvalue weighted by molar-refractivity contribution is 6.37. The van der Waals surface area contributed by atoms with E-state index in [1.54, 1.807) is 35.0 Å². The quantitative estimate of drug-likeness (QED) is 0.203. The second-order valence-corrected chi connectivity index (χ2v) is 9.99. The number of nitrogens with zero attached hydrogens (tertiary/aromatic N) is 2. The molecule has 0 spiro atoms. The molecule has 2 aromatic carbocycles. The van der Waals surface area contributed by atoms with Crippen LogP contribution in [0.3, 0.4) is 0 Å². The lowest BCUT2D eigenvalue weighted by Crippen LogP contribution is -2.54. The van der Waals surface area contributed by atoms with Gasteiger partial charge in [-0.15, -0.1) is 0 Å². The van der Waals surface area contributed by atoms with Crippen LogP contribution in [0.25, 0.3) is 16.6 Å². The Bertz CT molecular complexity index is 1370. The van der Waals surface area contributed by atoms with Crippen LogP contribution in [0.5, 0.6) is 5.75 Å². The van der Waals surface area contributed by atoms with Crippen molar-refractivity contribution < 1.29 is 33.5 Å². The molecular formula is C26H26Cl2N2O8. The molecule has 2 heterocycles. The van der Waals surface area contributed by atoms with Gasteiger partial charge in [-0.2, -0.15) is 0 Å². The number of carbonyl (C=O) groups is 2. The van der Waals surface area contributed by atoms with Crippen molar-refractivity contribution in [3.63, 3.8) is 0 Å². The number of nitro groups is 1. The molecule has 2 unspecified atom stereocenters. The molecule has 0 amide bonds. The third-order valence-electron chi connectivity index (χ3n) is 6.64. The first-order chi connectivity index (χ1) is 18.0. The molecule has 0 aliphatic carbocycles. The second-order valence-electron chi connectivity index (χ2n) is 9.18. The summed E-state index contributed by atoms with van der Waals surface area (Å²) < 4.78 is 24.7. The number of hydrogen-bond donors (Lipinski definition) is 0. The Labute approximate surface area is 228 Å². The number of non-ortho nitro benzene ring substituents is 1. The Kier molecular flexibility index (Phi) is 8.15. The molecule has 0 saturated carbocycles. The second kappa shape index (κ2) is 11.2. The van der Waals surface area contributed by atoms with E-state index >= 15 is 0 Å². The topological polar surface area (TPSA) is 119 Å². The zero-order valence-electron chi connectivity index (χ0n) is 21.1. The summed E-state index contributed by atoms with van der Waals surface area (Å²) in [5.41, 5.74) is 1.31. The van der Waals surface area contributed by atoms with Crippen molar-refractivity contribution in [2.24, 2.45) is 11.8 Å². The van der Waals surface area contributed by atoms with Crippen molar-refractivity contribution >= 4 is 51.7 Å². The minimum absolute atomic E-state index is 0.00671. The monoisotopic (exact) mass is 564 g/mol. The van der Waals surface area contributed by atoms with E-state index in [4.69, 9.17) is 42.1 Å². The summed E-state index contributed by atoms with van der Waals surface area (Å²) in [6.07, 6.45) is -0.606. The molecule has 10 nitrogen and oxygen atoms in total. The Morgan fingerprint density at radius 2 is 1.74 bits per heavy atom. The summed E-state index contributed by atoms with van der Waals surface area (Å²) >= 11 is 13.2. The molecule has 1 aromatic heterocycles. The summed E-state index contributed by atoms with van der Waals surface area (Å²) in [4.78, 5) is 33.9. The molecule has 0 radical (unpaired) electrons. The summed E-state index contributed by atoms with van der Waals surface area (Å²) in [5, 5.41) is 12.1. The first-order valence-corrected chi connectivity index (χ1v) is 12.6. The predicted molar refractivity (Wildman–Crippen MR) is 140 cm³/mol. The van der Waals surface area contributed by atoms with Gasteiger partial charge < -0.3 is 23.5 Å². The number of aromatic nitrogens is 1. The Hall–Kier alpha value is -3.34. The standard InChI is InChI=1S/C26H26Cl2N2O8/c1-13-14(2)24(36-16(4)32)26(37-23(13)12-35-15(3)31)38-25-20(27)10-19(11-21(25)28)29-8-7-17-9-18(30(33)34)5-6-22(17)29/h5-11,13-14,23-24,26H,12H2,1-4H3/t13-,14-,23?,24?,26+/m0/s1. The summed E-state index contributed by atoms with van der Waals surface area (Å²) in [6, 6.07) is 9.57. The van der Waals surface area contributed by atoms with E-state index in [0.717, 1.165) is 5.52 Å². The van der Waals surface area contributed by atoms with Crippen LogP contribution in [-0.2, 0) is 23.8 Å². The molecule has 5 atom stereocenters. The minimum Gasteiger partial charge on any atom is -0.463 e. The maximum atomic E-state index is 11.8. The van der Waals surface area contributed by atoms with E-state index in [2.05, 4.69) is 0 Å². The number of carbonyl (C=O) groups excluding carboxylic acids is 2. The van der Waals surface area contributed by atoms with Crippen molar-refractivity contribution in [3.8, 4) is 11.4 Å². The first-order valence-electron chi connectivity index (χ1n) is 11.8. The number of rotatable bonds is 7. The van der Waals surface area contributed by atoms with E-state index in [1.165, 1.54) is 26.0 Å². The number of benzene rings is 2. The Balaban J connectivity index is 1.64. The van der Waals surface area contributed by atoms with Crippen LogP contribution in [0.4, 0.5) is 5.69 Å². The van der Waals surface area contributed by atoms with E-state index < -0.39 is 35.4 Å². The molecule has 1 fully saturated rings. The fraction of sp³-hybridized carbons (Fsp3) is 0.385. The molecule has 12 heteroatoms. The summed E-state index contributed by atoms with van der Waals surface area (Å²) in [7, 11) is 0. The predicted octanol–water partition coefficient (Wildman–Crippen LogP) is 5.72. The molecule has 202 valence electrons. The maximum absolute atomic E-state index is 11.8. The lowest BCUT2D eigenvalue weighted by atomic mass is 9.83. The van der Waals surface area contributed by atoms with Crippen LogP contribution in [0.2, 0.25) is 10.0 Å². The van der Waals surface area contributed by atoms with Crippen LogP contribution in [0, 0.1) is 22.0 Å². The number of hydrogen-bond acceptors (Lipinski definition) is 8. The number of fused-ring (bicyclic) bond motifs is 1. The third kappa shape index (κ3) is 5.72. The minimum atomic E-state index is -1.07. The number of halogens is 2. The third-order valence-corrected chi connectivity index (χ3v) is 7.21. The average Bonchev–Trinajstić information content (AvgIpc) is 3.27. The highest BCUT2D eigenvalue weighted by Crippen LogP contribution is 2.40. The van der Waals surface area contributed by atoms with Gasteiger partial charge in [0, 0.05) is 49.2 Å².